The molecule has 82 valence electrons. The third-order valence-electron chi connectivity index (χ3n) is 3.81. The molecular weight excluding hydrogens is 174 g/mol. The quantitative estimate of drug-likeness (QED) is 0.748. The lowest BCUT2D eigenvalue weighted by atomic mass is 9.90. The van der Waals surface area contributed by atoms with E-state index in [9.17, 15) is 5.11 Å². The van der Waals surface area contributed by atoms with Gasteiger partial charge in [0.05, 0.1) is 5.60 Å². The number of likely N-dealkylation sites (tertiary alicyclic amines) is 1. The molecule has 0 aromatic rings. The van der Waals surface area contributed by atoms with E-state index in [1.807, 2.05) is 0 Å². The Morgan fingerprint density at radius 3 is 2.64 bits per heavy atom. The fourth-order valence-electron chi connectivity index (χ4n) is 2.85. The van der Waals surface area contributed by atoms with Crippen LogP contribution in [0.5, 0.6) is 0 Å². The molecular formula is C12H23NO. The highest BCUT2D eigenvalue weighted by Crippen LogP contribution is 2.44. The van der Waals surface area contributed by atoms with E-state index >= 15 is 0 Å². The zero-order valence-electron chi connectivity index (χ0n) is 9.50. The lowest BCUT2D eigenvalue weighted by Crippen LogP contribution is -2.50. The van der Waals surface area contributed by atoms with Crippen molar-refractivity contribution in [3.8, 4) is 0 Å². The SMILES string of the molecule is CCCN1C[C@H](C)CC[C@H]1C1(O)CC1. The fraction of sp³-hybridized carbons (Fsp3) is 1.00. The molecule has 2 heteroatoms. The number of piperidine rings is 1. The van der Waals surface area contributed by atoms with Crippen molar-refractivity contribution in [2.45, 2.75) is 57.6 Å². The van der Waals surface area contributed by atoms with Gasteiger partial charge in [0.2, 0.25) is 0 Å². The number of hydrogen-bond acceptors (Lipinski definition) is 2. The molecule has 0 unspecified atom stereocenters. The monoisotopic (exact) mass is 197 g/mol. The molecule has 0 radical (unpaired) electrons. The van der Waals surface area contributed by atoms with Gasteiger partial charge in [-0.15, -0.1) is 0 Å². The van der Waals surface area contributed by atoms with Crippen LogP contribution in [0.3, 0.4) is 0 Å². The molecule has 0 amide bonds. The zero-order chi connectivity index (χ0) is 10.2. The van der Waals surface area contributed by atoms with Crippen molar-refractivity contribution in [3.63, 3.8) is 0 Å². The van der Waals surface area contributed by atoms with Gasteiger partial charge in [0, 0.05) is 12.6 Å². The van der Waals surface area contributed by atoms with Crippen molar-refractivity contribution < 1.29 is 5.11 Å². The first-order valence-electron chi connectivity index (χ1n) is 6.12. The summed E-state index contributed by atoms with van der Waals surface area (Å²) in [6.45, 7) is 6.92. The van der Waals surface area contributed by atoms with Gasteiger partial charge in [0.15, 0.2) is 0 Å². The molecule has 0 aromatic heterocycles. The van der Waals surface area contributed by atoms with E-state index in [1.165, 1.54) is 25.8 Å². The Kier molecular flexibility index (Phi) is 2.85. The fourth-order valence-corrected chi connectivity index (χ4v) is 2.85. The lowest BCUT2D eigenvalue weighted by molar-refractivity contribution is -0.00465. The summed E-state index contributed by atoms with van der Waals surface area (Å²) in [4.78, 5) is 2.53. The van der Waals surface area contributed by atoms with Gasteiger partial charge in [0.1, 0.15) is 0 Å². The standard InChI is InChI=1S/C12H23NO/c1-3-8-13-9-10(2)4-5-11(13)12(14)6-7-12/h10-11,14H,3-9H2,1-2H3/t10-,11+/m1/s1. The first-order chi connectivity index (χ1) is 6.65. The van der Waals surface area contributed by atoms with Crippen molar-refractivity contribution in [2.24, 2.45) is 5.92 Å². The van der Waals surface area contributed by atoms with E-state index in [0.29, 0.717) is 6.04 Å². The van der Waals surface area contributed by atoms with Gasteiger partial charge in [-0.05, 0) is 44.6 Å². The summed E-state index contributed by atoms with van der Waals surface area (Å²) in [7, 11) is 0. The molecule has 1 heterocycles. The van der Waals surface area contributed by atoms with E-state index in [1.54, 1.807) is 0 Å². The molecule has 2 fully saturated rings. The highest BCUT2D eigenvalue weighted by molar-refractivity contribution is 5.05. The average molecular weight is 197 g/mol. The van der Waals surface area contributed by atoms with Crippen LogP contribution in [-0.2, 0) is 0 Å². The Hall–Kier alpha value is -0.0800. The first kappa shape index (κ1) is 10.4. The molecule has 2 atom stereocenters. The highest BCUT2D eigenvalue weighted by atomic mass is 16.3. The van der Waals surface area contributed by atoms with Crippen LogP contribution >= 0.6 is 0 Å². The maximum absolute atomic E-state index is 10.2. The molecule has 2 nitrogen and oxygen atoms in total. The maximum Gasteiger partial charge on any atom is 0.0804 e. The van der Waals surface area contributed by atoms with Gasteiger partial charge in [-0.3, -0.25) is 4.90 Å². The molecule has 1 aliphatic heterocycles. The summed E-state index contributed by atoms with van der Waals surface area (Å²) in [6.07, 6.45) is 5.78. The van der Waals surface area contributed by atoms with Crippen LogP contribution in [0.25, 0.3) is 0 Å². The van der Waals surface area contributed by atoms with Crippen LogP contribution in [0.4, 0.5) is 0 Å². The van der Waals surface area contributed by atoms with Gasteiger partial charge >= 0.3 is 0 Å². The molecule has 2 rings (SSSR count). The summed E-state index contributed by atoms with van der Waals surface area (Å²) in [5.74, 6) is 0.820. The average Bonchev–Trinajstić information content (AvgIpc) is 2.85. The van der Waals surface area contributed by atoms with E-state index in [2.05, 4.69) is 18.7 Å². The Balaban J connectivity index is 1.99. The maximum atomic E-state index is 10.2. The predicted molar refractivity (Wildman–Crippen MR) is 58.2 cm³/mol. The zero-order valence-corrected chi connectivity index (χ0v) is 9.50. The van der Waals surface area contributed by atoms with Gasteiger partial charge in [-0.25, -0.2) is 0 Å². The van der Waals surface area contributed by atoms with E-state index in [4.69, 9.17) is 0 Å². The Morgan fingerprint density at radius 1 is 1.36 bits per heavy atom. The number of nitrogens with zero attached hydrogens (tertiary/aromatic N) is 1. The second-order valence-electron chi connectivity index (χ2n) is 5.30. The third kappa shape index (κ3) is 1.96. The van der Waals surface area contributed by atoms with E-state index in [0.717, 1.165) is 25.3 Å². The summed E-state index contributed by atoms with van der Waals surface area (Å²) in [5, 5.41) is 10.2. The number of rotatable bonds is 3. The normalized spacial score (nSPS) is 37.1. The Bertz CT molecular complexity index is 200. The summed E-state index contributed by atoms with van der Waals surface area (Å²) < 4.78 is 0. The summed E-state index contributed by atoms with van der Waals surface area (Å²) in [5.41, 5.74) is -0.296. The first-order valence-corrected chi connectivity index (χ1v) is 6.12. The van der Waals surface area contributed by atoms with E-state index in [-0.39, 0.29) is 5.60 Å². The molecule has 1 saturated carbocycles. The van der Waals surface area contributed by atoms with Crippen molar-refractivity contribution in [1.29, 1.82) is 0 Å². The summed E-state index contributed by atoms with van der Waals surface area (Å²) >= 11 is 0. The van der Waals surface area contributed by atoms with Crippen LogP contribution in [0.1, 0.15) is 46.0 Å². The lowest BCUT2D eigenvalue weighted by Gasteiger charge is -2.41. The van der Waals surface area contributed by atoms with Gasteiger partial charge in [-0.1, -0.05) is 13.8 Å². The number of aliphatic hydroxyl groups is 1. The van der Waals surface area contributed by atoms with Crippen molar-refractivity contribution >= 4 is 0 Å². The van der Waals surface area contributed by atoms with Crippen molar-refractivity contribution in [2.75, 3.05) is 13.1 Å². The van der Waals surface area contributed by atoms with E-state index < -0.39 is 0 Å². The molecule has 2 aliphatic rings. The minimum absolute atomic E-state index is 0.296. The largest absolute Gasteiger partial charge is 0.388 e. The van der Waals surface area contributed by atoms with Crippen molar-refractivity contribution in [1.82, 2.24) is 4.90 Å². The predicted octanol–water partition coefficient (Wildman–Crippen LogP) is 2.02. The Morgan fingerprint density at radius 2 is 2.07 bits per heavy atom. The molecule has 14 heavy (non-hydrogen) atoms. The second kappa shape index (κ2) is 3.82. The Labute approximate surface area is 87.3 Å². The summed E-state index contributed by atoms with van der Waals surface area (Å²) in [6, 6.07) is 0.471. The van der Waals surface area contributed by atoms with Crippen molar-refractivity contribution in [3.05, 3.63) is 0 Å². The highest BCUT2D eigenvalue weighted by Gasteiger charge is 2.50. The van der Waals surface area contributed by atoms with Gasteiger partial charge in [-0.2, -0.15) is 0 Å². The van der Waals surface area contributed by atoms with Gasteiger partial charge in [0.25, 0.3) is 0 Å². The van der Waals surface area contributed by atoms with Crippen LogP contribution in [0.2, 0.25) is 0 Å². The molecule has 0 bridgehead atoms. The van der Waals surface area contributed by atoms with Crippen LogP contribution < -0.4 is 0 Å². The smallest absolute Gasteiger partial charge is 0.0804 e. The molecule has 1 saturated heterocycles. The molecule has 0 spiro atoms. The molecule has 1 N–H and O–H groups in total. The number of hydrogen-bond donors (Lipinski definition) is 1. The molecule has 1 aliphatic carbocycles. The van der Waals surface area contributed by atoms with Gasteiger partial charge < -0.3 is 5.11 Å². The third-order valence-corrected chi connectivity index (χ3v) is 3.81. The molecule has 0 aromatic carbocycles. The minimum Gasteiger partial charge on any atom is -0.388 e. The minimum atomic E-state index is -0.296. The topological polar surface area (TPSA) is 23.5 Å². The van der Waals surface area contributed by atoms with Crippen LogP contribution in [0.15, 0.2) is 0 Å². The van der Waals surface area contributed by atoms with Crippen LogP contribution in [-0.4, -0.2) is 34.7 Å². The van der Waals surface area contributed by atoms with Crippen LogP contribution in [0, 0.1) is 5.92 Å². The second-order valence-corrected chi connectivity index (χ2v) is 5.30.